The van der Waals surface area contributed by atoms with Gasteiger partial charge in [0.15, 0.2) is 0 Å². The zero-order chi connectivity index (χ0) is 12.3. The lowest BCUT2D eigenvalue weighted by Crippen LogP contribution is -2.52. The van der Waals surface area contributed by atoms with Crippen LogP contribution in [0.25, 0.3) is 0 Å². The van der Waals surface area contributed by atoms with E-state index in [-0.39, 0.29) is 11.9 Å². The summed E-state index contributed by atoms with van der Waals surface area (Å²) in [6.07, 6.45) is 2.43. The molecule has 0 N–H and O–H groups in total. The molecule has 0 aliphatic carbocycles. The fourth-order valence-electron chi connectivity index (χ4n) is 2.29. The monoisotopic (exact) mass is 227 g/mol. The number of hydrogen-bond donors (Lipinski definition) is 0. The standard InChI is InChI=1S/C12H25N3O/c1-10(12(16)14(4)5)15-8-6-7-11(9-15)13(2)3/h10-11H,6-9H2,1-5H3. The SMILES string of the molecule is CC(C(=O)N(C)C)N1CCCC(N(C)C)C1. The molecule has 1 rings (SSSR count). The van der Waals surface area contributed by atoms with Gasteiger partial charge in [0, 0.05) is 26.7 Å². The van der Waals surface area contributed by atoms with Crippen LogP contribution >= 0.6 is 0 Å². The molecule has 1 fully saturated rings. The van der Waals surface area contributed by atoms with Crippen molar-refractivity contribution in [1.82, 2.24) is 14.7 Å². The second kappa shape index (κ2) is 5.64. The minimum absolute atomic E-state index is 0.0118. The summed E-state index contributed by atoms with van der Waals surface area (Å²) in [4.78, 5) is 18.1. The lowest BCUT2D eigenvalue weighted by molar-refractivity contribution is -0.134. The number of rotatable bonds is 3. The van der Waals surface area contributed by atoms with Crippen molar-refractivity contribution in [1.29, 1.82) is 0 Å². The number of likely N-dealkylation sites (N-methyl/N-ethyl adjacent to an activating group) is 2. The average Bonchev–Trinajstić information content (AvgIpc) is 2.27. The number of carbonyl (C=O) groups excluding carboxylic acids is 1. The van der Waals surface area contributed by atoms with Gasteiger partial charge in [-0.1, -0.05) is 0 Å². The molecule has 0 spiro atoms. The number of piperidine rings is 1. The van der Waals surface area contributed by atoms with E-state index in [1.165, 1.54) is 12.8 Å². The van der Waals surface area contributed by atoms with Crippen LogP contribution in [0, 0.1) is 0 Å². The Kier molecular flexibility index (Phi) is 4.74. The highest BCUT2D eigenvalue weighted by Gasteiger charge is 2.28. The van der Waals surface area contributed by atoms with E-state index < -0.39 is 0 Å². The summed E-state index contributed by atoms with van der Waals surface area (Å²) in [6, 6.07) is 0.601. The van der Waals surface area contributed by atoms with Gasteiger partial charge in [0.25, 0.3) is 0 Å². The summed E-state index contributed by atoms with van der Waals surface area (Å²) < 4.78 is 0. The van der Waals surface area contributed by atoms with Gasteiger partial charge in [-0.2, -0.15) is 0 Å². The van der Waals surface area contributed by atoms with Crippen molar-refractivity contribution in [2.24, 2.45) is 0 Å². The predicted molar refractivity (Wildman–Crippen MR) is 66.4 cm³/mol. The molecule has 2 atom stereocenters. The molecule has 1 aliphatic heterocycles. The quantitative estimate of drug-likeness (QED) is 0.702. The fourth-order valence-corrected chi connectivity index (χ4v) is 2.29. The Balaban J connectivity index is 2.56. The predicted octanol–water partition coefficient (Wildman–Crippen LogP) is 0.489. The van der Waals surface area contributed by atoms with Crippen LogP contribution in [0.2, 0.25) is 0 Å². The molecule has 94 valence electrons. The highest BCUT2D eigenvalue weighted by Crippen LogP contribution is 2.16. The average molecular weight is 227 g/mol. The van der Waals surface area contributed by atoms with E-state index in [0.29, 0.717) is 6.04 Å². The molecule has 4 heteroatoms. The maximum absolute atomic E-state index is 11.9. The van der Waals surface area contributed by atoms with Gasteiger partial charge in [-0.05, 0) is 40.4 Å². The number of amides is 1. The molecular weight excluding hydrogens is 202 g/mol. The Morgan fingerprint density at radius 1 is 1.31 bits per heavy atom. The van der Waals surface area contributed by atoms with E-state index in [1.807, 2.05) is 21.0 Å². The smallest absolute Gasteiger partial charge is 0.239 e. The second-order valence-electron chi connectivity index (χ2n) is 5.16. The van der Waals surface area contributed by atoms with Crippen molar-refractivity contribution in [3.05, 3.63) is 0 Å². The molecule has 1 aliphatic rings. The Morgan fingerprint density at radius 3 is 2.44 bits per heavy atom. The molecule has 1 heterocycles. The number of carbonyl (C=O) groups is 1. The van der Waals surface area contributed by atoms with Gasteiger partial charge in [0.2, 0.25) is 5.91 Å². The van der Waals surface area contributed by atoms with Crippen LogP contribution in [0.5, 0.6) is 0 Å². The third-order valence-corrected chi connectivity index (χ3v) is 3.50. The van der Waals surface area contributed by atoms with Gasteiger partial charge in [-0.25, -0.2) is 0 Å². The molecule has 16 heavy (non-hydrogen) atoms. The Labute approximate surface area is 99.2 Å². The zero-order valence-electron chi connectivity index (χ0n) is 11.2. The minimum atomic E-state index is 0.0118. The lowest BCUT2D eigenvalue weighted by Gasteiger charge is -2.39. The number of likely N-dealkylation sites (tertiary alicyclic amines) is 1. The summed E-state index contributed by atoms with van der Waals surface area (Å²) >= 11 is 0. The van der Waals surface area contributed by atoms with Crippen LogP contribution in [0.4, 0.5) is 0 Å². The number of hydrogen-bond acceptors (Lipinski definition) is 3. The summed E-state index contributed by atoms with van der Waals surface area (Å²) in [5.41, 5.74) is 0. The maximum Gasteiger partial charge on any atom is 0.239 e. The summed E-state index contributed by atoms with van der Waals surface area (Å²) in [6.45, 7) is 4.07. The first kappa shape index (κ1) is 13.5. The van der Waals surface area contributed by atoms with Crippen LogP contribution in [-0.2, 0) is 4.79 Å². The molecular formula is C12H25N3O. The Hall–Kier alpha value is -0.610. The van der Waals surface area contributed by atoms with E-state index in [9.17, 15) is 4.79 Å². The van der Waals surface area contributed by atoms with Crippen LogP contribution in [0.15, 0.2) is 0 Å². The molecule has 1 saturated heterocycles. The van der Waals surface area contributed by atoms with E-state index in [0.717, 1.165) is 13.1 Å². The van der Waals surface area contributed by atoms with Crippen LogP contribution in [0.1, 0.15) is 19.8 Å². The van der Waals surface area contributed by atoms with E-state index in [1.54, 1.807) is 4.90 Å². The summed E-state index contributed by atoms with van der Waals surface area (Å²) in [5.74, 6) is 0.208. The van der Waals surface area contributed by atoms with Gasteiger partial charge < -0.3 is 9.80 Å². The highest BCUT2D eigenvalue weighted by molar-refractivity contribution is 5.80. The van der Waals surface area contributed by atoms with Crippen LogP contribution in [-0.4, -0.2) is 74.0 Å². The largest absolute Gasteiger partial charge is 0.347 e. The number of nitrogens with zero attached hydrogens (tertiary/aromatic N) is 3. The highest BCUT2D eigenvalue weighted by atomic mass is 16.2. The molecule has 1 amide bonds. The van der Waals surface area contributed by atoms with Gasteiger partial charge in [0.05, 0.1) is 6.04 Å². The molecule has 0 aromatic carbocycles. The minimum Gasteiger partial charge on any atom is -0.347 e. The molecule has 4 nitrogen and oxygen atoms in total. The van der Waals surface area contributed by atoms with Gasteiger partial charge in [-0.3, -0.25) is 9.69 Å². The second-order valence-corrected chi connectivity index (χ2v) is 5.16. The topological polar surface area (TPSA) is 26.8 Å². The first-order valence-electron chi connectivity index (χ1n) is 6.05. The van der Waals surface area contributed by atoms with Gasteiger partial charge in [-0.15, -0.1) is 0 Å². The third kappa shape index (κ3) is 3.19. The molecule has 2 unspecified atom stereocenters. The Morgan fingerprint density at radius 2 is 1.94 bits per heavy atom. The van der Waals surface area contributed by atoms with Crippen molar-refractivity contribution in [3.8, 4) is 0 Å². The first-order chi connectivity index (χ1) is 7.43. The van der Waals surface area contributed by atoms with Crippen molar-refractivity contribution in [2.75, 3.05) is 41.3 Å². The van der Waals surface area contributed by atoms with Gasteiger partial charge in [0.1, 0.15) is 0 Å². The van der Waals surface area contributed by atoms with E-state index in [4.69, 9.17) is 0 Å². The molecule has 0 aromatic rings. The normalized spacial score (nSPS) is 24.5. The molecule has 0 radical (unpaired) electrons. The van der Waals surface area contributed by atoms with Crippen molar-refractivity contribution in [3.63, 3.8) is 0 Å². The van der Waals surface area contributed by atoms with Crippen LogP contribution < -0.4 is 0 Å². The van der Waals surface area contributed by atoms with Crippen LogP contribution in [0.3, 0.4) is 0 Å². The summed E-state index contributed by atoms with van der Waals surface area (Å²) in [5, 5.41) is 0. The third-order valence-electron chi connectivity index (χ3n) is 3.50. The molecule has 0 saturated carbocycles. The first-order valence-corrected chi connectivity index (χ1v) is 6.05. The fraction of sp³-hybridized carbons (Fsp3) is 0.917. The Bertz CT molecular complexity index is 240. The molecule has 0 bridgehead atoms. The van der Waals surface area contributed by atoms with Crippen molar-refractivity contribution in [2.45, 2.75) is 31.8 Å². The van der Waals surface area contributed by atoms with Crippen molar-refractivity contribution >= 4 is 5.91 Å². The summed E-state index contributed by atoms with van der Waals surface area (Å²) in [7, 11) is 7.89. The van der Waals surface area contributed by atoms with E-state index >= 15 is 0 Å². The van der Waals surface area contributed by atoms with Gasteiger partial charge >= 0.3 is 0 Å². The molecule has 0 aromatic heterocycles. The van der Waals surface area contributed by atoms with E-state index in [2.05, 4.69) is 23.9 Å². The lowest BCUT2D eigenvalue weighted by atomic mass is 10.0. The zero-order valence-corrected chi connectivity index (χ0v) is 11.2. The maximum atomic E-state index is 11.9. The van der Waals surface area contributed by atoms with Crippen molar-refractivity contribution < 1.29 is 4.79 Å².